The van der Waals surface area contributed by atoms with Crippen LogP contribution in [0.3, 0.4) is 0 Å². The van der Waals surface area contributed by atoms with Gasteiger partial charge in [-0.2, -0.15) is 18.4 Å². The van der Waals surface area contributed by atoms with E-state index in [4.69, 9.17) is 13.7 Å². The first-order valence-electron chi connectivity index (χ1n) is 10.6. The van der Waals surface area contributed by atoms with E-state index in [9.17, 15) is 22.9 Å². The van der Waals surface area contributed by atoms with Crippen LogP contribution in [0.1, 0.15) is 36.9 Å². The van der Waals surface area contributed by atoms with Crippen molar-refractivity contribution in [1.82, 2.24) is 4.98 Å². The molecular formula is C22H24F4N4O3S. The van der Waals surface area contributed by atoms with Crippen LogP contribution in [-0.2, 0) is 15.1 Å². The van der Waals surface area contributed by atoms with Crippen molar-refractivity contribution in [2.45, 2.75) is 38.1 Å². The molecule has 7 nitrogen and oxygen atoms in total. The zero-order valence-electron chi connectivity index (χ0n) is 18.4. The molecule has 184 valence electrons. The van der Waals surface area contributed by atoms with Gasteiger partial charge in [-0.3, -0.25) is 0 Å². The summed E-state index contributed by atoms with van der Waals surface area (Å²) in [5.74, 6) is -0.322. The summed E-state index contributed by atoms with van der Waals surface area (Å²) in [6.45, 7) is 0.919. The van der Waals surface area contributed by atoms with Gasteiger partial charge in [0, 0.05) is 24.8 Å². The molecule has 1 aromatic carbocycles. The second-order valence-corrected chi connectivity index (χ2v) is 7.95. The largest absolute Gasteiger partial charge is 0.493 e. The first-order valence-corrected chi connectivity index (χ1v) is 11.7. The van der Waals surface area contributed by atoms with Gasteiger partial charge in [-0.25, -0.2) is 10.5 Å². The number of rotatable bonds is 10. The van der Waals surface area contributed by atoms with Gasteiger partial charge in [0.1, 0.15) is 23.7 Å². The van der Waals surface area contributed by atoms with E-state index >= 15 is 0 Å². The first-order chi connectivity index (χ1) is 16.4. The van der Waals surface area contributed by atoms with Crippen molar-refractivity contribution in [3.8, 4) is 23.1 Å². The highest BCUT2D eigenvalue weighted by atomic mass is 32.2. The van der Waals surface area contributed by atoms with Gasteiger partial charge in [0.25, 0.3) is 0 Å². The Bertz CT molecular complexity index is 1010. The third kappa shape index (κ3) is 6.65. The van der Waals surface area contributed by atoms with Gasteiger partial charge >= 0.3 is 6.18 Å². The number of nitrogens with zero attached hydrogens (tertiary/aromatic N) is 2. The fourth-order valence-corrected chi connectivity index (χ4v) is 3.72. The van der Waals surface area contributed by atoms with Crippen molar-refractivity contribution in [3.63, 3.8) is 0 Å². The number of nitrogens with one attached hydrogen (secondary N) is 2. The van der Waals surface area contributed by atoms with E-state index in [0.29, 0.717) is 26.1 Å². The lowest BCUT2D eigenvalue weighted by molar-refractivity contribution is -0.138. The minimum absolute atomic E-state index is 0.0478. The standard InChI is InChI=1S/C22H24F4N4O3S/c1-34-33-10-4-9-31-19-7-6-14(11-15(19)22(23,24)25)16-12-17(21(30-26)18(13-27)28-16)29-20-5-2-3-8-32-20/h6-7,11-12,20,30H,2-5,8-10H2,1H3,(H,28,29). The van der Waals surface area contributed by atoms with Crippen LogP contribution in [0, 0.1) is 11.3 Å². The lowest BCUT2D eigenvalue weighted by Gasteiger charge is -2.25. The fourth-order valence-electron chi connectivity index (χ4n) is 3.43. The van der Waals surface area contributed by atoms with Crippen LogP contribution in [-0.4, -0.2) is 37.3 Å². The van der Waals surface area contributed by atoms with Crippen LogP contribution >= 0.6 is 12.0 Å². The number of ether oxygens (including phenoxy) is 2. The van der Waals surface area contributed by atoms with Gasteiger partial charge in [0.15, 0.2) is 5.69 Å². The summed E-state index contributed by atoms with van der Waals surface area (Å²) < 4.78 is 70.8. The molecule has 12 heteroatoms. The average molecular weight is 501 g/mol. The van der Waals surface area contributed by atoms with Crippen LogP contribution in [0.15, 0.2) is 24.3 Å². The van der Waals surface area contributed by atoms with Gasteiger partial charge in [0.2, 0.25) is 0 Å². The molecule has 1 unspecified atom stereocenters. The molecule has 3 rings (SSSR count). The maximum absolute atomic E-state index is 13.8. The summed E-state index contributed by atoms with van der Waals surface area (Å²) in [6.07, 6.45) is -0.474. The molecule has 2 aromatic rings. The van der Waals surface area contributed by atoms with Crippen molar-refractivity contribution < 1.29 is 31.3 Å². The molecule has 0 saturated carbocycles. The molecule has 2 N–H and O–H groups in total. The minimum Gasteiger partial charge on any atom is -0.493 e. The molecule has 34 heavy (non-hydrogen) atoms. The molecular weight excluding hydrogens is 476 g/mol. The van der Waals surface area contributed by atoms with Gasteiger partial charge < -0.3 is 19.0 Å². The zero-order chi connectivity index (χ0) is 24.6. The van der Waals surface area contributed by atoms with Crippen molar-refractivity contribution >= 4 is 23.4 Å². The number of nitriles is 1. The monoisotopic (exact) mass is 500 g/mol. The Labute approximate surface area is 198 Å². The van der Waals surface area contributed by atoms with Crippen molar-refractivity contribution in [2.75, 3.05) is 36.9 Å². The predicted octanol–water partition coefficient (Wildman–Crippen LogP) is 5.94. The number of aromatic nitrogens is 1. The number of pyridine rings is 1. The van der Waals surface area contributed by atoms with E-state index in [2.05, 4.69) is 10.3 Å². The second-order valence-electron chi connectivity index (χ2n) is 7.38. The summed E-state index contributed by atoms with van der Waals surface area (Å²) >= 11 is 1.17. The van der Waals surface area contributed by atoms with E-state index in [1.807, 2.05) is 0 Å². The Morgan fingerprint density at radius 3 is 2.74 bits per heavy atom. The van der Waals surface area contributed by atoms with E-state index < -0.39 is 18.0 Å². The van der Waals surface area contributed by atoms with Gasteiger partial charge in [-0.15, -0.1) is 4.48 Å². The Kier molecular flexibility index (Phi) is 9.20. The summed E-state index contributed by atoms with van der Waals surface area (Å²) in [7, 11) is 0. The normalized spacial score (nSPS) is 16.1. The molecule has 0 aliphatic carbocycles. The van der Waals surface area contributed by atoms with E-state index in [-0.39, 0.29) is 40.7 Å². The maximum Gasteiger partial charge on any atom is 0.419 e. The summed E-state index contributed by atoms with van der Waals surface area (Å²) in [4.78, 5) is 4.06. The van der Waals surface area contributed by atoms with Gasteiger partial charge in [0.05, 0.1) is 30.2 Å². The Morgan fingerprint density at radius 2 is 2.09 bits per heavy atom. The van der Waals surface area contributed by atoms with Crippen LogP contribution < -0.4 is 15.6 Å². The van der Waals surface area contributed by atoms with Crippen molar-refractivity contribution in [1.29, 1.82) is 5.26 Å². The quantitative estimate of drug-likeness (QED) is 0.179. The highest BCUT2D eigenvalue weighted by Gasteiger charge is 2.35. The van der Waals surface area contributed by atoms with E-state index in [0.717, 1.165) is 18.9 Å². The number of anilines is 2. The van der Waals surface area contributed by atoms with E-state index in [1.54, 1.807) is 12.3 Å². The van der Waals surface area contributed by atoms with Gasteiger partial charge in [-0.1, -0.05) is 0 Å². The lowest BCUT2D eigenvalue weighted by atomic mass is 10.0. The number of halogens is 4. The van der Waals surface area contributed by atoms with Gasteiger partial charge in [-0.05, 0) is 55.6 Å². The van der Waals surface area contributed by atoms with Crippen LogP contribution in [0.2, 0.25) is 0 Å². The highest BCUT2D eigenvalue weighted by molar-refractivity contribution is 7.93. The van der Waals surface area contributed by atoms with Crippen LogP contribution in [0.25, 0.3) is 11.3 Å². The Hall–Kier alpha value is -2.75. The smallest absolute Gasteiger partial charge is 0.419 e. The number of hydrogen-bond acceptors (Lipinski definition) is 8. The molecule has 0 radical (unpaired) electrons. The molecule has 1 aliphatic rings. The van der Waals surface area contributed by atoms with Crippen LogP contribution in [0.5, 0.6) is 5.75 Å². The average Bonchev–Trinajstić information content (AvgIpc) is 2.83. The summed E-state index contributed by atoms with van der Waals surface area (Å²) in [5.41, 5.74) is 0.295. The van der Waals surface area contributed by atoms with Crippen molar-refractivity contribution in [2.24, 2.45) is 0 Å². The fraction of sp³-hybridized carbons (Fsp3) is 0.455. The predicted molar refractivity (Wildman–Crippen MR) is 121 cm³/mol. The molecule has 1 atom stereocenters. The molecule has 2 heterocycles. The third-order valence-electron chi connectivity index (χ3n) is 5.04. The summed E-state index contributed by atoms with van der Waals surface area (Å²) in [6, 6.07) is 6.69. The zero-order valence-corrected chi connectivity index (χ0v) is 19.2. The number of benzene rings is 1. The minimum atomic E-state index is -4.68. The second kappa shape index (κ2) is 12.1. The number of hydrogen-bond donors (Lipinski definition) is 2. The van der Waals surface area contributed by atoms with Crippen molar-refractivity contribution in [3.05, 3.63) is 35.5 Å². The SMILES string of the molecule is CSOCCCOc1ccc(-c2cc(NC3CCCCO3)c(NF)c(C#N)n2)cc1C(F)(F)F. The Morgan fingerprint density at radius 1 is 1.26 bits per heavy atom. The third-order valence-corrected chi connectivity index (χ3v) is 5.45. The Balaban J connectivity index is 1.94. The molecule has 1 saturated heterocycles. The first kappa shape index (κ1) is 25.9. The molecule has 1 aliphatic heterocycles. The topological polar surface area (TPSA) is 88.4 Å². The van der Waals surface area contributed by atoms with E-state index in [1.165, 1.54) is 35.8 Å². The maximum atomic E-state index is 13.8. The highest BCUT2D eigenvalue weighted by Crippen LogP contribution is 2.40. The molecule has 1 fully saturated rings. The molecule has 1 aromatic heterocycles. The molecule has 0 amide bonds. The molecule has 0 spiro atoms. The lowest BCUT2D eigenvalue weighted by Crippen LogP contribution is -2.27. The number of alkyl halides is 3. The van der Waals surface area contributed by atoms with Crippen LogP contribution in [0.4, 0.5) is 29.0 Å². The molecule has 0 bridgehead atoms. The summed E-state index contributed by atoms with van der Waals surface area (Å²) in [5, 5.41) is 12.5.